The maximum Gasteiger partial charge on any atom is 0.115 e. The molecule has 0 radical (unpaired) electrons. The van der Waals surface area contributed by atoms with Crippen molar-refractivity contribution >= 4 is 0 Å². The normalized spacial score (nSPS) is 37.4. The first kappa shape index (κ1) is 7.59. The Kier molecular flexibility index (Phi) is 1.72. The third-order valence-corrected chi connectivity index (χ3v) is 1.63. The molecule has 0 aliphatic carbocycles. The monoisotopic (exact) mass is 139 g/mol. The Morgan fingerprint density at radius 1 is 1.60 bits per heavy atom. The second kappa shape index (κ2) is 2.26. The summed E-state index contributed by atoms with van der Waals surface area (Å²) in [6, 6.07) is 0.0648. The fourth-order valence-corrected chi connectivity index (χ4v) is 1.24. The van der Waals surface area contributed by atoms with Gasteiger partial charge in [-0.1, -0.05) is 5.92 Å². The van der Waals surface area contributed by atoms with Gasteiger partial charge in [0.25, 0.3) is 0 Å². The van der Waals surface area contributed by atoms with E-state index in [1.54, 1.807) is 0 Å². The SMILES string of the molecule is C#C[C@H]1NC(C)(C)O[C@@H]1C. The van der Waals surface area contributed by atoms with Crippen LogP contribution in [-0.4, -0.2) is 17.9 Å². The molecule has 0 unspecified atom stereocenters. The number of nitrogens with one attached hydrogen (secondary N) is 1. The summed E-state index contributed by atoms with van der Waals surface area (Å²) in [4.78, 5) is 0. The van der Waals surface area contributed by atoms with Crippen molar-refractivity contribution in [2.24, 2.45) is 0 Å². The highest BCUT2D eigenvalue weighted by Crippen LogP contribution is 2.19. The van der Waals surface area contributed by atoms with Gasteiger partial charge in [0, 0.05) is 0 Å². The Morgan fingerprint density at radius 3 is 2.40 bits per heavy atom. The molecule has 0 aromatic heterocycles. The Hall–Kier alpha value is -0.520. The molecule has 1 aliphatic heterocycles. The Labute approximate surface area is 62.0 Å². The van der Waals surface area contributed by atoms with Crippen molar-refractivity contribution in [1.29, 1.82) is 0 Å². The first-order valence-electron chi connectivity index (χ1n) is 3.47. The van der Waals surface area contributed by atoms with Crippen molar-refractivity contribution in [3.05, 3.63) is 0 Å². The number of hydrogen-bond acceptors (Lipinski definition) is 2. The van der Waals surface area contributed by atoms with Crippen LogP contribution in [0.3, 0.4) is 0 Å². The molecule has 2 atom stereocenters. The summed E-state index contributed by atoms with van der Waals surface area (Å²) in [6.07, 6.45) is 5.38. The van der Waals surface area contributed by atoms with E-state index in [9.17, 15) is 0 Å². The molecule has 10 heavy (non-hydrogen) atoms. The van der Waals surface area contributed by atoms with Crippen LogP contribution in [0.2, 0.25) is 0 Å². The van der Waals surface area contributed by atoms with Crippen LogP contribution in [0.1, 0.15) is 20.8 Å². The lowest BCUT2D eigenvalue weighted by atomic mass is 10.2. The van der Waals surface area contributed by atoms with Crippen molar-refractivity contribution in [1.82, 2.24) is 5.32 Å². The fourth-order valence-electron chi connectivity index (χ4n) is 1.24. The van der Waals surface area contributed by atoms with Crippen LogP contribution in [0.15, 0.2) is 0 Å². The summed E-state index contributed by atoms with van der Waals surface area (Å²) in [5, 5.41) is 3.17. The van der Waals surface area contributed by atoms with E-state index < -0.39 is 0 Å². The second-order valence-corrected chi connectivity index (χ2v) is 3.12. The minimum Gasteiger partial charge on any atom is -0.356 e. The van der Waals surface area contributed by atoms with Crippen molar-refractivity contribution in [2.75, 3.05) is 0 Å². The summed E-state index contributed by atoms with van der Waals surface area (Å²) in [5.41, 5.74) is -0.254. The van der Waals surface area contributed by atoms with Gasteiger partial charge in [-0.2, -0.15) is 0 Å². The highest BCUT2D eigenvalue weighted by molar-refractivity contribution is 5.07. The first-order valence-corrected chi connectivity index (χ1v) is 3.47. The largest absolute Gasteiger partial charge is 0.356 e. The summed E-state index contributed by atoms with van der Waals surface area (Å²) in [5.74, 6) is 2.63. The minimum atomic E-state index is -0.254. The Morgan fingerprint density at radius 2 is 2.20 bits per heavy atom. The smallest absolute Gasteiger partial charge is 0.115 e. The molecule has 0 saturated carbocycles. The zero-order valence-corrected chi connectivity index (χ0v) is 6.64. The molecular formula is C8H13NO. The van der Waals surface area contributed by atoms with Gasteiger partial charge in [0.05, 0.1) is 12.1 Å². The van der Waals surface area contributed by atoms with Gasteiger partial charge in [0.15, 0.2) is 0 Å². The summed E-state index contributed by atoms with van der Waals surface area (Å²) in [6.45, 7) is 5.92. The number of rotatable bonds is 0. The third kappa shape index (κ3) is 1.31. The molecule has 1 saturated heterocycles. The third-order valence-electron chi connectivity index (χ3n) is 1.63. The minimum absolute atomic E-state index is 0.0648. The molecular weight excluding hydrogens is 126 g/mol. The van der Waals surface area contributed by atoms with E-state index in [1.807, 2.05) is 20.8 Å². The molecule has 1 heterocycles. The van der Waals surface area contributed by atoms with E-state index >= 15 is 0 Å². The van der Waals surface area contributed by atoms with Gasteiger partial charge in [-0.3, -0.25) is 5.32 Å². The molecule has 1 aliphatic rings. The lowest BCUT2D eigenvalue weighted by Gasteiger charge is -2.16. The molecule has 0 aromatic rings. The number of terminal acetylenes is 1. The maximum atomic E-state index is 5.50. The molecule has 0 bridgehead atoms. The van der Waals surface area contributed by atoms with Crippen LogP contribution in [-0.2, 0) is 4.74 Å². The predicted molar refractivity (Wildman–Crippen MR) is 40.4 cm³/mol. The van der Waals surface area contributed by atoms with Gasteiger partial charge in [0.1, 0.15) is 5.72 Å². The summed E-state index contributed by atoms with van der Waals surface area (Å²) >= 11 is 0. The van der Waals surface area contributed by atoms with Crippen LogP contribution in [0, 0.1) is 12.3 Å². The van der Waals surface area contributed by atoms with E-state index in [1.165, 1.54) is 0 Å². The van der Waals surface area contributed by atoms with E-state index in [2.05, 4.69) is 11.2 Å². The van der Waals surface area contributed by atoms with Gasteiger partial charge < -0.3 is 4.74 Å². The quantitative estimate of drug-likeness (QED) is 0.500. The van der Waals surface area contributed by atoms with E-state index in [0.717, 1.165) is 0 Å². The average molecular weight is 139 g/mol. The molecule has 0 aromatic carbocycles. The van der Waals surface area contributed by atoms with Gasteiger partial charge in [-0.15, -0.1) is 6.42 Å². The van der Waals surface area contributed by atoms with E-state index in [0.29, 0.717) is 0 Å². The topological polar surface area (TPSA) is 21.3 Å². The predicted octanol–water partition coefficient (Wildman–Crippen LogP) is 0.733. The summed E-state index contributed by atoms with van der Waals surface area (Å²) in [7, 11) is 0. The average Bonchev–Trinajstić information content (AvgIpc) is 2.05. The van der Waals surface area contributed by atoms with E-state index in [-0.39, 0.29) is 17.9 Å². The van der Waals surface area contributed by atoms with Crippen molar-refractivity contribution in [3.63, 3.8) is 0 Å². The molecule has 1 N–H and O–H groups in total. The first-order chi connectivity index (χ1) is 4.55. The van der Waals surface area contributed by atoms with Crippen molar-refractivity contribution in [2.45, 2.75) is 38.6 Å². The number of ether oxygens (including phenoxy) is 1. The molecule has 0 amide bonds. The van der Waals surface area contributed by atoms with Crippen LogP contribution in [0.25, 0.3) is 0 Å². The van der Waals surface area contributed by atoms with E-state index in [4.69, 9.17) is 11.2 Å². The van der Waals surface area contributed by atoms with Crippen molar-refractivity contribution < 1.29 is 4.74 Å². The molecule has 1 fully saturated rings. The molecule has 1 rings (SSSR count). The Bertz CT molecular complexity index is 169. The molecule has 2 heteroatoms. The van der Waals surface area contributed by atoms with Gasteiger partial charge in [-0.25, -0.2) is 0 Å². The van der Waals surface area contributed by atoms with Gasteiger partial charge in [0.2, 0.25) is 0 Å². The number of hydrogen-bond donors (Lipinski definition) is 1. The maximum absolute atomic E-state index is 5.50. The van der Waals surface area contributed by atoms with Gasteiger partial charge >= 0.3 is 0 Å². The van der Waals surface area contributed by atoms with Crippen LogP contribution >= 0.6 is 0 Å². The zero-order valence-electron chi connectivity index (χ0n) is 6.64. The van der Waals surface area contributed by atoms with Gasteiger partial charge in [-0.05, 0) is 20.8 Å². The molecule has 0 spiro atoms. The fraction of sp³-hybridized carbons (Fsp3) is 0.750. The second-order valence-electron chi connectivity index (χ2n) is 3.12. The highest BCUT2D eigenvalue weighted by Gasteiger charge is 2.35. The zero-order chi connectivity index (χ0) is 7.78. The lowest BCUT2D eigenvalue weighted by Crippen LogP contribution is -2.37. The van der Waals surface area contributed by atoms with Crippen LogP contribution in [0.4, 0.5) is 0 Å². The Balaban J connectivity index is 2.63. The summed E-state index contributed by atoms with van der Waals surface area (Å²) < 4.78 is 5.50. The molecule has 56 valence electrons. The standard InChI is InChI=1S/C8H13NO/c1-5-7-6(2)10-8(3,4)9-7/h1,6-7,9H,2-4H3/t6-,7-/m1/s1. The molecule has 2 nitrogen and oxygen atoms in total. The van der Waals surface area contributed by atoms with Crippen LogP contribution in [0.5, 0.6) is 0 Å². The van der Waals surface area contributed by atoms with Crippen molar-refractivity contribution in [3.8, 4) is 12.3 Å². The van der Waals surface area contributed by atoms with Crippen LogP contribution < -0.4 is 5.32 Å². The lowest BCUT2D eigenvalue weighted by molar-refractivity contribution is -0.0162. The highest BCUT2D eigenvalue weighted by atomic mass is 16.5.